The molecule has 0 saturated heterocycles. The SMILES string of the molecule is CCCCCCCCCOP(=O)([O-])[O-].[K+].[K+]. The Bertz CT molecular complexity index is 175. The first-order chi connectivity index (χ1) is 6.56. The number of hydrogen-bond donors (Lipinski definition) is 0. The first-order valence-electron chi connectivity index (χ1n) is 5.23. The second-order valence-electron chi connectivity index (χ2n) is 3.40. The van der Waals surface area contributed by atoms with Crippen molar-refractivity contribution in [3.05, 3.63) is 0 Å². The molecular formula is C9H19K2O4P. The molecule has 4 nitrogen and oxygen atoms in total. The molecule has 86 valence electrons. The standard InChI is InChI=1S/C9H21O4P.2K/c1-2-3-4-5-6-7-8-9-13-14(10,11)12;;/h2-9H2,1H3,(H2,10,11,12);;/q;2*+1/p-2. The fraction of sp³-hybridized carbons (Fsp3) is 1.00. The van der Waals surface area contributed by atoms with E-state index in [-0.39, 0.29) is 109 Å². The summed E-state index contributed by atoms with van der Waals surface area (Å²) in [5.74, 6) is 0. The van der Waals surface area contributed by atoms with Crippen LogP contribution in [-0.2, 0) is 9.09 Å². The third kappa shape index (κ3) is 22.6. The Morgan fingerprint density at radius 1 is 0.938 bits per heavy atom. The van der Waals surface area contributed by atoms with E-state index in [9.17, 15) is 14.4 Å². The molecule has 0 N–H and O–H groups in total. The smallest absolute Gasteiger partial charge is 0.790 e. The molecule has 0 radical (unpaired) electrons. The van der Waals surface area contributed by atoms with Crippen LogP contribution in [0.4, 0.5) is 0 Å². The Morgan fingerprint density at radius 3 is 1.81 bits per heavy atom. The number of hydrogen-bond acceptors (Lipinski definition) is 4. The molecule has 0 aliphatic heterocycles. The van der Waals surface area contributed by atoms with Crippen LogP contribution in [0.15, 0.2) is 0 Å². The summed E-state index contributed by atoms with van der Waals surface area (Å²) >= 11 is 0. The molecule has 0 aromatic heterocycles. The van der Waals surface area contributed by atoms with Gasteiger partial charge >= 0.3 is 103 Å². The van der Waals surface area contributed by atoms with Gasteiger partial charge in [-0.05, 0) is 6.42 Å². The zero-order valence-electron chi connectivity index (χ0n) is 10.7. The Kier molecular flexibility index (Phi) is 25.1. The summed E-state index contributed by atoms with van der Waals surface area (Å²) in [5, 5.41) is 0. The molecule has 0 rings (SSSR count). The van der Waals surface area contributed by atoms with Crippen molar-refractivity contribution in [2.75, 3.05) is 6.61 Å². The summed E-state index contributed by atoms with van der Waals surface area (Å²) < 4.78 is 14.2. The molecule has 0 aromatic rings. The number of phosphoric ester groups is 1. The van der Waals surface area contributed by atoms with Crippen molar-refractivity contribution in [1.29, 1.82) is 0 Å². The Hall–Kier alpha value is 3.38. The minimum Gasteiger partial charge on any atom is -0.790 e. The van der Waals surface area contributed by atoms with Crippen LogP contribution in [0.3, 0.4) is 0 Å². The average Bonchev–Trinajstić information content (AvgIpc) is 2.08. The van der Waals surface area contributed by atoms with Gasteiger partial charge in [0.1, 0.15) is 0 Å². The predicted octanol–water partition coefficient (Wildman–Crippen LogP) is -4.41. The van der Waals surface area contributed by atoms with E-state index in [2.05, 4.69) is 11.4 Å². The molecule has 0 heterocycles. The third-order valence-corrected chi connectivity index (χ3v) is 2.50. The van der Waals surface area contributed by atoms with Gasteiger partial charge in [0.15, 0.2) is 0 Å². The molecule has 0 atom stereocenters. The van der Waals surface area contributed by atoms with Crippen LogP contribution < -0.4 is 113 Å². The van der Waals surface area contributed by atoms with Crippen LogP contribution in [-0.4, -0.2) is 6.61 Å². The van der Waals surface area contributed by atoms with E-state index in [1.807, 2.05) is 0 Å². The predicted molar refractivity (Wildman–Crippen MR) is 51.6 cm³/mol. The normalized spacial score (nSPS) is 10.4. The van der Waals surface area contributed by atoms with Gasteiger partial charge in [-0.1, -0.05) is 45.4 Å². The topological polar surface area (TPSA) is 72.4 Å². The van der Waals surface area contributed by atoms with Gasteiger partial charge in [-0.3, -0.25) is 0 Å². The van der Waals surface area contributed by atoms with Gasteiger partial charge in [0.25, 0.3) is 0 Å². The second-order valence-corrected chi connectivity index (χ2v) is 4.55. The summed E-state index contributed by atoms with van der Waals surface area (Å²) in [6, 6.07) is 0. The second kappa shape index (κ2) is 16.4. The van der Waals surface area contributed by atoms with Crippen molar-refractivity contribution < 1.29 is 122 Å². The Balaban J connectivity index is -0.000000845. The van der Waals surface area contributed by atoms with E-state index in [1.165, 1.54) is 25.7 Å². The maximum atomic E-state index is 10.1. The van der Waals surface area contributed by atoms with Crippen LogP contribution in [0.25, 0.3) is 0 Å². The maximum absolute atomic E-state index is 10.1. The molecule has 0 saturated carbocycles. The van der Waals surface area contributed by atoms with E-state index in [0.717, 1.165) is 12.8 Å². The molecule has 0 unspecified atom stereocenters. The quantitative estimate of drug-likeness (QED) is 0.245. The van der Waals surface area contributed by atoms with Crippen LogP contribution in [0.2, 0.25) is 0 Å². The Morgan fingerprint density at radius 2 is 1.38 bits per heavy atom. The van der Waals surface area contributed by atoms with Crippen LogP contribution in [0.5, 0.6) is 0 Å². The van der Waals surface area contributed by atoms with Crippen LogP contribution >= 0.6 is 7.82 Å². The molecule has 0 aliphatic rings. The molecule has 7 heteroatoms. The van der Waals surface area contributed by atoms with Crippen molar-refractivity contribution in [2.24, 2.45) is 0 Å². The minimum absolute atomic E-state index is 0. The summed E-state index contributed by atoms with van der Waals surface area (Å²) in [6.07, 6.45) is 7.57. The molecule has 0 fully saturated rings. The minimum atomic E-state index is -4.73. The molecule has 0 bridgehead atoms. The number of rotatable bonds is 9. The van der Waals surface area contributed by atoms with Gasteiger partial charge in [0.2, 0.25) is 0 Å². The van der Waals surface area contributed by atoms with Gasteiger partial charge in [-0.15, -0.1) is 0 Å². The van der Waals surface area contributed by atoms with Crippen molar-refractivity contribution in [2.45, 2.75) is 51.9 Å². The van der Waals surface area contributed by atoms with Gasteiger partial charge < -0.3 is 18.9 Å². The van der Waals surface area contributed by atoms with Crippen molar-refractivity contribution in [3.63, 3.8) is 0 Å². The van der Waals surface area contributed by atoms with Crippen LogP contribution in [0, 0.1) is 0 Å². The summed E-state index contributed by atoms with van der Waals surface area (Å²) in [7, 11) is -4.73. The van der Waals surface area contributed by atoms with E-state index in [0.29, 0.717) is 6.42 Å². The largest absolute Gasteiger partial charge is 1.00 e. The van der Waals surface area contributed by atoms with Gasteiger partial charge in [0.05, 0.1) is 14.4 Å². The summed E-state index contributed by atoms with van der Waals surface area (Å²) in [6.45, 7) is 2.20. The van der Waals surface area contributed by atoms with Gasteiger partial charge in [-0.25, -0.2) is 0 Å². The van der Waals surface area contributed by atoms with Crippen molar-refractivity contribution >= 4 is 7.82 Å². The number of unbranched alkanes of at least 4 members (excludes halogenated alkanes) is 6. The van der Waals surface area contributed by atoms with E-state index >= 15 is 0 Å². The van der Waals surface area contributed by atoms with Crippen molar-refractivity contribution in [3.8, 4) is 0 Å². The molecule has 0 spiro atoms. The molecule has 0 aromatic carbocycles. The fourth-order valence-electron chi connectivity index (χ4n) is 1.24. The van der Waals surface area contributed by atoms with E-state index in [1.54, 1.807) is 0 Å². The fourth-order valence-corrected chi connectivity index (χ4v) is 1.59. The van der Waals surface area contributed by atoms with Crippen molar-refractivity contribution in [1.82, 2.24) is 0 Å². The van der Waals surface area contributed by atoms with Crippen LogP contribution in [0.1, 0.15) is 51.9 Å². The monoisotopic (exact) mass is 300 g/mol. The summed E-state index contributed by atoms with van der Waals surface area (Å²) in [4.78, 5) is 20.1. The molecule has 16 heavy (non-hydrogen) atoms. The van der Waals surface area contributed by atoms with E-state index in [4.69, 9.17) is 0 Å². The molecular weight excluding hydrogens is 281 g/mol. The zero-order valence-corrected chi connectivity index (χ0v) is 17.9. The third-order valence-electron chi connectivity index (χ3n) is 2.00. The summed E-state index contributed by atoms with van der Waals surface area (Å²) in [5.41, 5.74) is 0. The van der Waals surface area contributed by atoms with Gasteiger partial charge in [-0.2, -0.15) is 0 Å². The first-order valence-corrected chi connectivity index (χ1v) is 6.69. The Labute approximate surface area is 184 Å². The molecule has 0 amide bonds. The maximum Gasteiger partial charge on any atom is 1.00 e. The van der Waals surface area contributed by atoms with Gasteiger partial charge in [0, 0.05) is 0 Å². The number of phosphoric acid groups is 1. The van der Waals surface area contributed by atoms with E-state index < -0.39 is 7.82 Å². The molecule has 0 aliphatic carbocycles. The average molecular weight is 300 g/mol. The first kappa shape index (κ1) is 24.4. The zero-order chi connectivity index (χ0) is 10.9.